The quantitative estimate of drug-likeness (QED) is 0.388. The van der Waals surface area contributed by atoms with E-state index in [1.54, 1.807) is 56.2 Å². The number of hydrogen-bond acceptors (Lipinski definition) is 7. The summed E-state index contributed by atoms with van der Waals surface area (Å²) in [7, 11) is 1.57. The predicted molar refractivity (Wildman–Crippen MR) is 132 cm³/mol. The van der Waals surface area contributed by atoms with Crippen LogP contribution in [0.25, 0.3) is 0 Å². The molecule has 0 saturated carbocycles. The Morgan fingerprint density at radius 1 is 1.31 bits per heavy atom. The monoisotopic (exact) mass is 500 g/mol. The number of ether oxygens (including phenoxy) is 3. The molecule has 3 fully saturated rings. The standard InChI is InChI=1S/C27H36N2O7/c1-6-15-28(18-9-11-19(34-5)12-10-18)24(32)22-27-14-13-26(7-2,36-27)21(25(33)35-8-3)20(27)23(31)29(22)17(4)16-30/h6,9-12,17,20-22,30H,1,7-8,13-16H2,2-5H3/t17-,20+,21-,22?,26+,27?/m1/s1. The molecule has 2 unspecified atom stereocenters. The van der Waals surface area contributed by atoms with Crippen molar-refractivity contribution in [1.82, 2.24) is 4.90 Å². The van der Waals surface area contributed by atoms with E-state index >= 15 is 0 Å². The number of hydrogen-bond donors (Lipinski definition) is 1. The number of carbonyl (C=O) groups excluding carboxylic acids is 3. The largest absolute Gasteiger partial charge is 0.497 e. The highest BCUT2D eigenvalue weighted by atomic mass is 16.6. The first-order valence-corrected chi connectivity index (χ1v) is 12.6. The van der Waals surface area contributed by atoms with Crippen LogP contribution in [-0.4, -0.2) is 77.9 Å². The van der Waals surface area contributed by atoms with Gasteiger partial charge < -0.3 is 29.1 Å². The van der Waals surface area contributed by atoms with Gasteiger partial charge in [0.1, 0.15) is 23.3 Å². The third-order valence-electron chi connectivity index (χ3n) is 8.09. The van der Waals surface area contributed by atoms with Gasteiger partial charge in [0.2, 0.25) is 5.91 Å². The first kappa shape index (κ1) is 26.2. The number of likely N-dealkylation sites (tertiary alicyclic amines) is 1. The van der Waals surface area contributed by atoms with E-state index in [2.05, 4.69) is 6.58 Å². The fourth-order valence-corrected chi connectivity index (χ4v) is 6.45. The molecule has 3 aliphatic rings. The molecular formula is C27H36N2O7. The molecule has 4 rings (SSSR count). The molecule has 0 radical (unpaired) electrons. The zero-order valence-electron chi connectivity index (χ0n) is 21.4. The van der Waals surface area contributed by atoms with Crippen molar-refractivity contribution in [3.8, 4) is 5.75 Å². The van der Waals surface area contributed by atoms with Crippen molar-refractivity contribution in [3.63, 3.8) is 0 Å². The fraction of sp³-hybridized carbons (Fsp3) is 0.593. The van der Waals surface area contributed by atoms with E-state index in [0.29, 0.717) is 30.7 Å². The molecule has 196 valence electrons. The number of rotatable bonds is 10. The van der Waals surface area contributed by atoms with Gasteiger partial charge in [-0.1, -0.05) is 13.0 Å². The molecular weight excluding hydrogens is 464 g/mol. The van der Waals surface area contributed by atoms with Gasteiger partial charge in [-0.05, 0) is 57.4 Å². The lowest BCUT2D eigenvalue weighted by molar-refractivity contribution is -0.161. The number of esters is 1. The van der Waals surface area contributed by atoms with Crippen molar-refractivity contribution in [2.45, 2.75) is 63.3 Å². The summed E-state index contributed by atoms with van der Waals surface area (Å²) < 4.78 is 17.3. The van der Waals surface area contributed by atoms with Gasteiger partial charge in [0.05, 0.1) is 37.9 Å². The van der Waals surface area contributed by atoms with E-state index in [4.69, 9.17) is 14.2 Å². The molecule has 1 aromatic carbocycles. The van der Waals surface area contributed by atoms with Crippen LogP contribution in [0.5, 0.6) is 5.75 Å². The highest BCUT2D eigenvalue weighted by Gasteiger charge is 2.79. The van der Waals surface area contributed by atoms with Crippen LogP contribution in [0.3, 0.4) is 0 Å². The van der Waals surface area contributed by atoms with Gasteiger partial charge in [0, 0.05) is 12.2 Å². The number of methoxy groups -OCH3 is 1. The average molecular weight is 501 g/mol. The number of carbonyl (C=O) groups is 3. The van der Waals surface area contributed by atoms with E-state index in [9.17, 15) is 19.5 Å². The maximum Gasteiger partial charge on any atom is 0.312 e. The molecule has 1 N–H and O–H groups in total. The van der Waals surface area contributed by atoms with Gasteiger partial charge in [-0.15, -0.1) is 6.58 Å². The zero-order chi connectivity index (χ0) is 26.3. The fourth-order valence-electron chi connectivity index (χ4n) is 6.45. The Morgan fingerprint density at radius 3 is 2.56 bits per heavy atom. The average Bonchev–Trinajstić information content (AvgIpc) is 3.50. The third-order valence-corrected chi connectivity index (χ3v) is 8.09. The Hall–Kier alpha value is -2.91. The van der Waals surface area contributed by atoms with E-state index < -0.39 is 41.1 Å². The second-order valence-electron chi connectivity index (χ2n) is 9.80. The zero-order valence-corrected chi connectivity index (χ0v) is 21.4. The number of aliphatic hydroxyl groups excluding tert-OH is 1. The SMILES string of the molecule is C=CCN(C(=O)C1N([C@H](C)CO)C(=O)[C@@H]2[C@H](C(=O)OCC)[C@]3(CC)CCC12O3)c1ccc(OC)cc1. The second kappa shape index (κ2) is 9.86. The van der Waals surface area contributed by atoms with Crippen molar-refractivity contribution < 1.29 is 33.7 Å². The topological polar surface area (TPSA) is 106 Å². The second-order valence-corrected chi connectivity index (χ2v) is 9.80. The van der Waals surface area contributed by atoms with Crippen LogP contribution in [0.1, 0.15) is 40.0 Å². The summed E-state index contributed by atoms with van der Waals surface area (Å²) in [6.07, 6.45) is 3.15. The molecule has 36 heavy (non-hydrogen) atoms. The van der Waals surface area contributed by atoms with E-state index in [0.717, 1.165) is 0 Å². The maximum absolute atomic E-state index is 14.4. The summed E-state index contributed by atoms with van der Waals surface area (Å²) in [5, 5.41) is 10.0. The lowest BCUT2D eigenvalue weighted by atomic mass is 9.65. The molecule has 3 aliphatic heterocycles. The van der Waals surface area contributed by atoms with Crippen LogP contribution in [0.2, 0.25) is 0 Å². The van der Waals surface area contributed by atoms with Gasteiger partial charge in [-0.2, -0.15) is 0 Å². The van der Waals surface area contributed by atoms with Crippen molar-refractivity contribution in [2.24, 2.45) is 11.8 Å². The molecule has 3 saturated heterocycles. The number of nitrogens with zero attached hydrogens (tertiary/aromatic N) is 2. The number of anilines is 1. The molecule has 9 nitrogen and oxygen atoms in total. The Bertz CT molecular complexity index is 1030. The molecule has 0 aromatic heterocycles. The molecule has 3 heterocycles. The van der Waals surface area contributed by atoms with Crippen LogP contribution in [0.4, 0.5) is 5.69 Å². The van der Waals surface area contributed by atoms with Crippen LogP contribution in [0, 0.1) is 11.8 Å². The number of fused-ring (bicyclic) bond motifs is 1. The van der Waals surface area contributed by atoms with Gasteiger partial charge in [-0.25, -0.2) is 0 Å². The van der Waals surface area contributed by atoms with Gasteiger partial charge >= 0.3 is 5.97 Å². The lowest BCUT2D eigenvalue weighted by Crippen LogP contribution is -2.58. The van der Waals surface area contributed by atoms with Crippen LogP contribution >= 0.6 is 0 Å². The van der Waals surface area contributed by atoms with Crippen molar-refractivity contribution in [1.29, 1.82) is 0 Å². The first-order valence-electron chi connectivity index (χ1n) is 12.6. The van der Waals surface area contributed by atoms with E-state index in [-0.39, 0.29) is 31.6 Å². The van der Waals surface area contributed by atoms with Crippen LogP contribution < -0.4 is 9.64 Å². The van der Waals surface area contributed by atoms with Crippen LogP contribution in [0.15, 0.2) is 36.9 Å². The Morgan fingerprint density at radius 2 is 2.00 bits per heavy atom. The Kier molecular flexibility index (Phi) is 7.16. The molecule has 6 atom stereocenters. The highest BCUT2D eigenvalue weighted by molar-refractivity contribution is 6.05. The molecule has 1 aromatic rings. The van der Waals surface area contributed by atoms with E-state index in [1.165, 1.54) is 4.90 Å². The predicted octanol–water partition coefficient (Wildman–Crippen LogP) is 2.31. The maximum atomic E-state index is 14.4. The normalized spacial score (nSPS) is 31.2. The van der Waals surface area contributed by atoms with Gasteiger partial charge in [-0.3, -0.25) is 14.4 Å². The minimum Gasteiger partial charge on any atom is -0.497 e. The third kappa shape index (κ3) is 3.71. The minimum atomic E-state index is -1.18. The molecule has 0 aliphatic carbocycles. The van der Waals surface area contributed by atoms with Crippen LogP contribution in [-0.2, 0) is 23.9 Å². The first-order chi connectivity index (χ1) is 17.2. The molecule has 2 amide bonds. The van der Waals surface area contributed by atoms with Crippen molar-refractivity contribution in [2.75, 3.05) is 31.8 Å². The Balaban J connectivity index is 1.82. The van der Waals surface area contributed by atoms with Gasteiger partial charge in [0.15, 0.2) is 0 Å². The van der Waals surface area contributed by atoms with Crippen molar-refractivity contribution >= 4 is 23.5 Å². The van der Waals surface area contributed by atoms with E-state index in [1.807, 2.05) is 6.92 Å². The highest BCUT2D eigenvalue weighted by Crippen LogP contribution is 2.64. The number of aliphatic hydroxyl groups is 1. The summed E-state index contributed by atoms with van der Waals surface area (Å²) in [6.45, 7) is 9.24. The lowest BCUT2D eigenvalue weighted by Gasteiger charge is -2.38. The van der Waals surface area contributed by atoms with Gasteiger partial charge in [0.25, 0.3) is 5.91 Å². The van der Waals surface area contributed by atoms with Crippen molar-refractivity contribution in [3.05, 3.63) is 36.9 Å². The minimum absolute atomic E-state index is 0.187. The summed E-state index contributed by atoms with van der Waals surface area (Å²) >= 11 is 0. The summed E-state index contributed by atoms with van der Waals surface area (Å²) in [6, 6.07) is 5.41. The number of amides is 2. The summed E-state index contributed by atoms with van der Waals surface area (Å²) in [4.78, 5) is 44.5. The number of benzene rings is 1. The summed E-state index contributed by atoms with van der Waals surface area (Å²) in [5.41, 5.74) is -1.43. The Labute approximate surface area is 212 Å². The molecule has 9 heteroatoms. The molecule has 2 bridgehead atoms. The molecule has 1 spiro atoms. The summed E-state index contributed by atoms with van der Waals surface area (Å²) in [5.74, 6) is -2.17. The smallest absolute Gasteiger partial charge is 0.312 e.